The van der Waals surface area contributed by atoms with Crippen LogP contribution in [0.3, 0.4) is 0 Å². The number of hydrogen-bond acceptors (Lipinski definition) is 6. The number of unbranched alkanes of at least 4 members (excludes halogenated alkanes) is 33. The lowest BCUT2D eigenvalue weighted by Gasteiger charge is -2.27. The lowest BCUT2D eigenvalue weighted by molar-refractivity contribution is -0.870. The molecule has 0 spiro atoms. The fourth-order valence-electron chi connectivity index (χ4n) is 8.73. The zero-order valence-electron chi connectivity index (χ0n) is 48.2. The van der Waals surface area contributed by atoms with E-state index in [-0.39, 0.29) is 31.5 Å². The van der Waals surface area contributed by atoms with Crippen LogP contribution in [0, 0.1) is 0 Å². The topological polar surface area (TPSA) is 111 Å². The first-order chi connectivity index (χ1) is 34.9. The molecular formula is C62H118N2O7P+. The monoisotopic (exact) mass is 1030 g/mol. The van der Waals surface area contributed by atoms with Gasteiger partial charge in [-0.3, -0.25) is 18.6 Å². The van der Waals surface area contributed by atoms with Crippen molar-refractivity contribution in [2.24, 2.45) is 0 Å². The Balaban J connectivity index is 5.31. The quantitative estimate of drug-likeness (QED) is 0.0205. The Morgan fingerprint density at radius 1 is 0.486 bits per heavy atom. The van der Waals surface area contributed by atoms with Crippen LogP contribution in [-0.4, -0.2) is 74.3 Å². The Morgan fingerprint density at radius 3 is 1.31 bits per heavy atom. The van der Waals surface area contributed by atoms with Crippen LogP contribution in [0.4, 0.5) is 0 Å². The van der Waals surface area contributed by atoms with Crippen LogP contribution < -0.4 is 5.32 Å². The first-order valence-corrected chi connectivity index (χ1v) is 32.0. The molecule has 72 heavy (non-hydrogen) atoms. The van der Waals surface area contributed by atoms with Crippen LogP contribution in [0.1, 0.15) is 284 Å². The van der Waals surface area contributed by atoms with Gasteiger partial charge in [-0.25, -0.2) is 4.57 Å². The van der Waals surface area contributed by atoms with Crippen molar-refractivity contribution in [3.05, 3.63) is 48.6 Å². The number of phosphoric ester groups is 1. The van der Waals surface area contributed by atoms with Crippen molar-refractivity contribution in [2.45, 2.75) is 296 Å². The molecule has 0 heterocycles. The molecular weight excluding hydrogens is 916 g/mol. The van der Waals surface area contributed by atoms with Gasteiger partial charge < -0.3 is 19.4 Å². The second-order valence-corrected chi connectivity index (χ2v) is 23.3. The maximum absolute atomic E-state index is 13.5. The molecule has 422 valence electrons. The van der Waals surface area contributed by atoms with E-state index in [0.717, 1.165) is 70.6 Å². The van der Waals surface area contributed by atoms with Crippen LogP contribution in [0.15, 0.2) is 48.6 Å². The lowest BCUT2D eigenvalue weighted by Crippen LogP contribution is -2.47. The van der Waals surface area contributed by atoms with E-state index in [1.807, 2.05) is 33.3 Å². The molecule has 0 aliphatic heterocycles. The van der Waals surface area contributed by atoms with Crippen molar-refractivity contribution in [2.75, 3.05) is 40.9 Å². The molecule has 0 saturated heterocycles. The second-order valence-electron chi connectivity index (χ2n) is 21.9. The third-order valence-corrected chi connectivity index (χ3v) is 14.5. The molecule has 3 atom stereocenters. The summed E-state index contributed by atoms with van der Waals surface area (Å²) in [7, 11) is 1.49. The van der Waals surface area contributed by atoms with Gasteiger partial charge in [-0.2, -0.15) is 0 Å². The number of allylic oxidation sites excluding steroid dienone is 7. The normalized spacial score (nSPS) is 14.0. The van der Waals surface area contributed by atoms with Crippen molar-refractivity contribution in [1.29, 1.82) is 0 Å². The molecule has 2 N–H and O–H groups in total. The van der Waals surface area contributed by atoms with Gasteiger partial charge in [0.25, 0.3) is 0 Å². The Morgan fingerprint density at radius 2 is 0.847 bits per heavy atom. The summed E-state index contributed by atoms with van der Waals surface area (Å²) >= 11 is 0. The number of nitrogens with one attached hydrogen (secondary N) is 1. The number of carbonyl (C=O) groups is 2. The Kier molecular flexibility index (Phi) is 50.9. The minimum Gasteiger partial charge on any atom is -0.456 e. The summed E-state index contributed by atoms with van der Waals surface area (Å²) in [5.41, 5.74) is 0. The number of phosphoric acid groups is 1. The van der Waals surface area contributed by atoms with Gasteiger partial charge in [-0.1, -0.05) is 230 Å². The third kappa shape index (κ3) is 52.8. The zero-order valence-corrected chi connectivity index (χ0v) is 49.1. The molecule has 0 aromatic rings. The molecule has 0 aromatic carbocycles. The standard InChI is InChI=1S/C62H117N2O7P/c1-7-10-13-16-19-22-25-28-30-31-32-33-34-36-39-42-45-48-51-54-61(65)63-59(58-70-72(67,68)69-57-56-64(4,5)6)60(53-50-47-44-41-38-35-27-24-21-18-15-12-9-3)71-62(66)55-52-49-46-43-40-37-29-26-23-20-17-14-11-8-2/h19,22,28,30,37,40,50,53,59-60H,7-18,20-21,23-27,29,31-36,38-39,41-49,51-52,54-58H2,1-6H3,(H-,63,65,67,68)/p+1/b22-19-,30-28-,40-37-,53-50-. The number of esters is 1. The van der Waals surface area contributed by atoms with Crippen LogP contribution in [0.25, 0.3) is 0 Å². The summed E-state index contributed by atoms with van der Waals surface area (Å²) in [4.78, 5) is 37.7. The van der Waals surface area contributed by atoms with Crippen LogP contribution in [0.2, 0.25) is 0 Å². The first kappa shape index (κ1) is 70.0. The fourth-order valence-corrected chi connectivity index (χ4v) is 9.47. The van der Waals surface area contributed by atoms with E-state index in [4.69, 9.17) is 13.8 Å². The summed E-state index contributed by atoms with van der Waals surface area (Å²) in [5, 5.41) is 3.05. The molecule has 3 unspecified atom stereocenters. The van der Waals surface area contributed by atoms with E-state index in [9.17, 15) is 19.0 Å². The molecule has 0 rings (SSSR count). The van der Waals surface area contributed by atoms with Gasteiger partial charge in [-0.15, -0.1) is 0 Å². The average molecular weight is 1030 g/mol. The largest absolute Gasteiger partial charge is 0.472 e. The molecule has 0 saturated carbocycles. The Bertz CT molecular complexity index is 1380. The predicted molar refractivity (Wildman–Crippen MR) is 309 cm³/mol. The van der Waals surface area contributed by atoms with E-state index in [1.54, 1.807) is 0 Å². The molecule has 0 bridgehead atoms. The van der Waals surface area contributed by atoms with Gasteiger partial charge in [0.2, 0.25) is 5.91 Å². The maximum atomic E-state index is 13.5. The number of rotatable bonds is 55. The Hall–Kier alpha value is -2.03. The lowest BCUT2D eigenvalue weighted by atomic mass is 10.0. The number of ether oxygens (including phenoxy) is 1. The van der Waals surface area contributed by atoms with Gasteiger partial charge in [-0.05, 0) is 89.5 Å². The van der Waals surface area contributed by atoms with Gasteiger partial charge in [0.1, 0.15) is 19.3 Å². The van der Waals surface area contributed by atoms with Crippen LogP contribution in [-0.2, 0) is 27.9 Å². The molecule has 0 radical (unpaired) electrons. The van der Waals surface area contributed by atoms with Gasteiger partial charge >= 0.3 is 13.8 Å². The summed E-state index contributed by atoms with van der Waals surface area (Å²) in [6.07, 6.45) is 63.8. The molecule has 10 heteroatoms. The predicted octanol–water partition coefficient (Wildman–Crippen LogP) is 18.5. The average Bonchev–Trinajstić information content (AvgIpc) is 3.34. The van der Waals surface area contributed by atoms with Crippen molar-refractivity contribution in [1.82, 2.24) is 5.32 Å². The molecule has 0 aromatic heterocycles. The molecule has 1 amide bonds. The van der Waals surface area contributed by atoms with E-state index in [2.05, 4.69) is 62.5 Å². The Labute approximate surface area is 446 Å². The van der Waals surface area contributed by atoms with Gasteiger partial charge in [0.05, 0.1) is 33.8 Å². The van der Waals surface area contributed by atoms with Crippen molar-refractivity contribution < 1.29 is 37.3 Å². The number of amides is 1. The molecule has 9 nitrogen and oxygen atoms in total. The molecule has 0 fully saturated rings. The van der Waals surface area contributed by atoms with Crippen molar-refractivity contribution in [3.8, 4) is 0 Å². The van der Waals surface area contributed by atoms with E-state index < -0.39 is 20.0 Å². The zero-order chi connectivity index (χ0) is 52.9. The van der Waals surface area contributed by atoms with E-state index in [0.29, 0.717) is 23.9 Å². The number of likely N-dealkylation sites (N-methyl/N-ethyl adjacent to an activating group) is 1. The fraction of sp³-hybridized carbons (Fsp3) is 0.839. The van der Waals surface area contributed by atoms with Crippen LogP contribution >= 0.6 is 7.82 Å². The number of carbonyl (C=O) groups excluding carboxylic acids is 2. The highest BCUT2D eigenvalue weighted by molar-refractivity contribution is 7.47. The number of nitrogens with zero attached hydrogens (tertiary/aromatic N) is 1. The highest BCUT2D eigenvalue weighted by Crippen LogP contribution is 2.43. The third-order valence-electron chi connectivity index (χ3n) is 13.5. The SMILES string of the molecule is CCCCC/C=C\C/C=C\CCCCCCCCCCCC(=O)NC(COP(=O)(O)OCC[N+](C)(C)C)C(/C=C\CCCCCCCCCCCCC)OC(=O)CCCCC/C=C\CCCCCCCCC. The van der Waals surface area contributed by atoms with E-state index in [1.165, 1.54) is 173 Å². The van der Waals surface area contributed by atoms with E-state index >= 15 is 0 Å². The smallest absolute Gasteiger partial charge is 0.456 e. The number of quaternary nitrogens is 1. The van der Waals surface area contributed by atoms with Crippen molar-refractivity contribution >= 4 is 19.7 Å². The van der Waals surface area contributed by atoms with Crippen LogP contribution in [0.5, 0.6) is 0 Å². The van der Waals surface area contributed by atoms with Crippen molar-refractivity contribution in [3.63, 3.8) is 0 Å². The summed E-state index contributed by atoms with van der Waals surface area (Å²) in [5.74, 6) is -0.521. The second kappa shape index (κ2) is 52.4. The highest BCUT2D eigenvalue weighted by atomic mass is 31.2. The first-order valence-electron chi connectivity index (χ1n) is 30.5. The summed E-state index contributed by atoms with van der Waals surface area (Å²) in [6, 6.07) is -0.855. The van der Waals surface area contributed by atoms with Gasteiger partial charge in [0.15, 0.2) is 0 Å². The molecule has 0 aliphatic carbocycles. The highest BCUT2D eigenvalue weighted by Gasteiger charge is 2.30. The molecule has 0 aliphatic rings. The number of hydrogen-bond donors (Lipinski definition) is 2. The minimum atomic E-state index is -4.45. The summed E-state index contributed by atoms with van der Waals surface area (Å²) in [6.45, 7) is 6.99. The minimum absolute atomic E-state index is 0.0374. The maximum Gasteiger partial charge on any atom is 0.472 e. The van der Waals surface area contributed by atoms with Gasteiger partial charge in [0, 0.05) is 12.8 Å². The summed E-state index contributed by atoms with van der Waals surface area (Å²) < 4.78 is 30.7.